The quantitative estimate of drug-likeness (QED) is 0.203. The van der Waals surface area contributed by atoms with Crippen LogP contribution in [-0.4, -0.2) is 90.5 Å². The van der Waals surface area contributed by atoms with Crippen LogP contribution in [0.15, 0.2) is 62.8 Å². The summed E-state index contributed by atoms with van der Waals surface area (Å²) < 4.78 is 0. The first-order valence-electron chi connectivity index (χ1n) is 9.10. The highest BCUT2D eigenvalue weighted by molar-refractivity contribution is 5.84. The maximum Gasteiger partial charge on any atom is 0.330 e. The zero-order chi connectivity index (χ0) is 29.6. The average molecular weight is 509 g/mol. The summed E-state index contributed by atoms with van der Waals surface area (Å²) in [5, 5.41) is 64.3. The normalized spacial score (nSPS) is 8.03. The van der Waals surface area contributed by atoms with Crippen molar-refractivity contribution in [3.05, 3.63) is 62.8 Å². The van der Waals surface area contributed by atoms with Gasteiger partial charge in [0.1, 0.15) is 0 Å². The third kappa shape index (κ3) is 58.8. The van der Waals surface area contributed by atoms with Gasteiger partial charge in [-0.25, -0.2) is 24.0 Å². The van der Waals surface area contributed by atoms with Crippen molar-refractivity contribution in [3.63, 3.8) is 0 Å². The number of carbonyl (C=O) groups is 5. The van der Waals surface area contributed by atoms with Gasteiger partial charge in [0.15, 0.2) is 0 Å². The summed E-state index contributed by atoms with van der Waals surface area (Å²) in [5.74, 6) is -4.86. The van der Waals surface area contributed by atoms with Gasteiger partial charge in [0.05, 0.1) is 19.8 Å². The molecule has 0 aliphatic heterocycles. The monoisotopic (exact) mass is 508 g/mol. The number of hydrogen-bond acceptors (Lipinski definition) is 8. The summed E-state index contributed by atoms with van der Waals surface area (Å²) >= 11 is 0. The fraction of sp³-hybridized carbons (Fsp3) is 0.318. The third-order valence-electron chi connectivity index (χ3n) is 2.82. The van der Waals surface area contributed by atoms with Gasteiger partial charge < -0.3 is 40.9 Å². The van der Waals surface area contributed by atoms with Crippen LogP contribution >= 0.6 is 0 Å². The van der Waals surface area contributed by atoms with Gasteiger partial charge in [0.25, 0.3) is 0 Å². The molecule has 0 aliphatic rings. The maximum atomic E-state index is 9.60. The number of aliphatic carboxylic acids is 5. The van der Waals surface area contributed by atoms with Crippen molar-refractivity contribution in [2.24, 2.45) is 5.41 Å². The number of rotatable bonds is 9. The van der Waals surface area contributed by atoms with Crippen LogP contribution in [0.5, 0.6) is 0 Å². The van der Waals surface area contributed by atoms with Crippen LogP contribution in [0.1, 0.15) is 20.3 Å². The molecule has 202 valence electrons. The van der Waals surface area contributed by atoms with Crippen LogP contribution in [0, 0.1) is 5.41 Å². The van der Waals surface area contributed by atoms with Gasteiger partial charge in [-0.1, -0.05) is 39.8 Å². The van der Waals surface area contributed by atoms with E-state index in [0.717, 1.165) is 24.3 Å². The zero-order valence-corrected chi connectivity index (χ0v) is 19.8. The molecule has 0 aliphatic carbocycles. The van der Waals surface area contributed by atoms with Crippen LogP contribution < -0.4 is 0 Å². The molecule has 13 heteroatoms. The van der Waals surface area contributed by atoms with Crippen LogP contribution in [0.2, 0.25) is 0 Å². The van der Waals surface area contributed by atoms with E-state index in [0.29, 0.717) is 6.42 Å². The molecule has 0 radical (unpaired) electrons. The molecular weight excluding hydrogens is 472 g/mol. The van der Waals surface area contributed by atoms with E-state index in [-0.39, 0.29) is 25.4 Å². The summed E-state index contributed by atoms with van der Waals surface area (Å²) in [6, 6.07) is 0. The fourth-order valence-corrected chi connectivity index (χ4v) is 0.485. The summed E-state index contributed by atoms with van der Waals surface area (Å²) in [6.45, 7) is 17.8. The van der Waals surface area contributed by atoms with Crippen LogP contribution in [-0.2, 0) is 24.0 Å². The lowest BCUT2D eigenvalue weighted by molar-refractivity contribution is -0.133. The minimum Gasteiger partial charge on any atom is -0.478 e. The first-order chi connectivity index (χ1) is 16.0. The van der Waals surface area contributed by atoms with E-state index in [9.17, 15) is 24.0 Å². The molecule has 0 fully saturated rings. The van der Waals surface area contributed by atoms with Crippen LogP contribution in [0.3, 0.4) is 0 Å². The summed E-state index contributed by atoms with van der Waals surface area (Å²) in [4.78, 5) is 46.6. The van der Waals surface area contributed by atoms with Gasteiger partial charge in [0, 0.05) is 35.3 Å². The number of carboxylic acid groups (broad SMARTS) is 5. The van der Waals surface area contributed by atoms with E-state index >= 15 is 0 Å². The van der Waals surface area contributed by atoms with E-state index in [1.165, 1.54) is 6.92 Å². The van der Waals surface area contributed by atoms with Crippen LogP contribution in [0.25, 0.3) is 0 Å². The Bertz CT molecular complexity index is 573. The zero-order valence-electron chi connectivity index (χ0n) is 19.8. The summed E-state index contributed by atoms with van der Waals surface area (Å²) in [7, 11) is 0. The Morgan fingerprint density at radius 3 is 0.771 bits per heavy atom. The second-order valence-electron chi connectivity index (χ2n) is 5.58. The van der Waals surface area contributed by atoms with Gasteiger partial charge in [0.2, 0.25) is 0 Å². The molecule has 0 spiro atoms. The van der Waals surface area contributed by atoms with E-state index in [1.54, 1.807) is 0 Å². The molecule has 0 aromatic rings. The molecule has 0 amide bonds. The highest BCUT2D eigenvalue weighted by Crippen LogP contribution is 2.18. The molecule has 0 heterocycles. The molecule has 0 saturated heterocycles. The van der Waals surface area contributed by atoms with Crippen molar-refractivity contribution in [2.45, 2.75) is 20.3 Å². The Labute approximate surface area is 203 Å². The molecule has 0 rings (SSSR count). The lowest BCUT2D eigenvalue weighted by Crippen LogP contribution is -2.32. The van der Waals surface area contributed by atoms with Crippen molar-refractivity contribution < 1.29 is 64.8 Å². The van der Waals surface area contributed by atoms with Gasteiger partial charge in [-0.15, -0.1) is 0 Å². The van der Waals surface area contributed by atoms with E-state index < -0.39 is 35.3 Å². The largest absolute Gasteiger partial charge is 0.478 e. The lowest BCUT2D eigenvalue weighted by Gasteiger charge is -2.24. The van der Waals surface area contributed by atoms with Gasteiger partial charge in [-0.3, -0.25) is 0 Å². The molecule has 0 aromatic carbocycles. The van der Waals surface area contributed by atoms with Crippen molar-refractivity contribution in [2.75, 3.05) is 19.8 Å². The van der Waals surface area contributed by atoms with E-state index in [4.69, 9.17) is 40.9 Å². The van der Waals surface area contributed by atoms with Gasteiger partial charge in [-0.2, -0.15) is 0 Å². The second-order valence-corrected chi connectivity index (χ2v) is 5.58. The summed E-state index contributed by atoms with van der Waals surface area (Å²) in [6.07, 6.45) is 3.93. The lowest BCUT2D eigenvalue weighted by atomic mass is 9.88. The Balaban J connectivity index is -0.0000000735. The topological polar surface area (TPSA) is 247 Å². The van der Waals surface area contributed by atoms with E-state index in [2.05, 4.69) is 32.9 Å². The first-order valence-corrected chi connectivity index (χ1v) is 9.10. The van der Waals surface area contributed by atoms with Crippen molar-refractivity contribution in [1.29, 1.82) is 0 Å². The highest BCUT2D eigenvalue weighted by Gasteiger charge is 2.24. The third-order valence-corrected chi connectivity index (χ3v) is 2.82. The Morgan fingerprint density at radius 2 is 0.771 bits per heavy atom. The smallest absolute Gasteiger partial charge is 0.330 e. The Hall–Kier alpha value is -4.07. The molecule has 0 unspecified atom stereocenters. The number of aliphatic hydroxyl groups excluding tert-OH is 3. The second kappa shape index (κ2) is 32.1. The molecule has 35 heavy (non-hydrogen) atoms. The molecule has 0 atom stereocenters. The van der Waals surface area contributed by atoms with Crippen LogP contribution in [0.4, 0.5) is 0 Å². The molecule has 0 bridgehead atoms. The van der Waals surface area contributed by atoms with Gasteiger partial charge in [-0.05, 0) is 13.3 Å². The van der Waals surface area contributed by atoms with Crippen molar-refractivity contribution in [3.8, 4) is 0 Å². The number of hydrogen-bond donors (Lipinski definition) is 8. The average Bonchev–Trinajstić information content (AvgIpc) is 2.82. The van der Waals surface area contributed by atoms with Crippen molar-refractivity contribution >= 4 is 29.8 Å². The first kappa shape index (κ1) is 44.6. The Morgan fingerprint density at radius 1 is 0.629 bits per heavy atom. The number of carboxylic acids is 5. The predicted molar refractivity (Wildman–Crippen MR) is 128 cm³/mol. The number of aliphatic hydroxyl groups is 3. The molecule has 0 saturated carbocycles. The SMILES string of the molecule is C=C(C)C(=O)O.C=CC(=O)O.C=CC(=O)O.C=CC(=O)O.C=CC(=O)O.CCC(CO)(CO)CO. The molecule has 8 N–H and O–H groups in total. The van der Waals surface area contributed by atoms with Gasteiger partial charge >= 0.3 is 29.8 Å². The Kier molecular flexibility index (Phi) is 40.9. The minimum absolute atomic E-state index is 0.156. The molecule has 0 aromatic heterocycles. The standard InChI is InChI=1S/C6H14O3.C4H6O2.4C3H4O2/c1-2-6(3-7,4-8)5-9;1-3(2)4(5)6;4*1-2-3(4)5/h7-9H,2-5H2,1H3;1H2,2H3,(H,5,6);4*2H,1H2,(H,4,5). The highest BCUT2D eigenvalue weighted by atomic mass is 16.4. The van der Waals surface area contributed by atoms with E-state index in [1.807, 2.05) is 6.92 Å². The fourth-order valence-electron chi connectivity index (χ4n) is 0.485. The molecule has 13 nitrogen and oxygen atoms in total. The van der Waals surface area contributed by atoms with Crippen molar-refractivity contribution in [1.82, 2.24) is 0 Å². The predicted octanol–water partition coefficient (Wildman–Crippen LogP) is 1.03. The summed E-state index contributed by atoms with van der Waals surface area (Å²) in [5.41, 5.74) is -0.491. The maximum absolute atomic E-state index is 9.60. The molecular formula is C22H36O13. The minimum atomic E-state index is -0.981.